The number of carbonyl (C=O) groups is 1. The van der Waals surface area contributed by atoms with Crippen molar-refractivity contribution in [2.45, 2.75) is 26.9 Å². The van der Waals surface area contributed by atoms with Crippen molar-refractivity contribution < 1.29 is 14.3 Å². The number of rotatable bonds is 5. The summed E-state index contributed by atoms with van der Waals surface area (Å²) in [6, 6.07) is 5.61. The van der Waals surface area contributed by atoms with Gasteiger partial charge >= 0.3 is 0 Å². The molecule has 0 atom stereocenters. The Kier molecular flexibility index (Phi) is 5.47. The van der Waals surface area contributed by atoms with Crippen molar-refractivity contribution in [3.8, 4) is 11.5 Å². The van der Waals surface area contributed by atoms with E-state index in [4.69, 9.17) is 21.7 Å². The van der Waals surface area contributed by atoms with Crippen LogP contribution in [-0.2, 0) is 4.79 Å². The average molecular weight is 337 g/mol. The van der Waals surface area contributed by atoms with Crippen LogP contribution in [0.2, 0.25) is 0 Å². The van der Waals surface area contributed by atoms with Crippen LogP contribution in [0.3, 0.4) is 0 Å². The van der Waals surface area contributed by atoms with Gasteiger partial charge in [-0.2, -0.15) is 0 Å². The fourth-order valence-electron chi connectivity index (χ4n) is 2.08. The van der Waals surface area contributed by atoms with Gasteiger partial charge in [0.25, 0.3) is 5.91 Å². The van der Waals surface area contributed by atoms with Gasteiger partial charge < -0.3 is 9.47 Å². The molecule has 2 rings (SSSR count). The van der Waals surface area contributed by atoms with Gasteiger partial charge in [-0.25, -0.2) is 0 Å². The van der Waals surface area contributed by atoms with Gasteiger partial charge in [-0.05, 0) is 32.9 Å². The highest BCUT2D eigenvalue weighted by molar-refractivity contribution is 8.26. The Balaban J connectivity index is 2.43. The lowest BCUT2D eigenvalue weighted by molar-refractivity contribution is -0.121. The van der Waals surface area contributed by atoms with Crippen molar-refractivity contribution in [3.63, 3.8) is 0 Å². The second kappa shape index (κ2) is 7.15. The zero-order valence-electron chi connectivity index (χ0n) is 13.1. The maximum absolute atomic E-state index is 12.3. The van der Waals surface area contributed by atoms with Gasteiger partial charge in [-0.15, -0.1) is 0 Å². The van der Waals surface area contributed by atoms with E-state index in [0.717, 1.165) is 5.56 Å². The number of benzene rings is 1. The average Bonchev–Trinajstić information content (AvgIpc) is 2.74. The van der Waals surface area contributed by atoms with Crippen LogP contribution in [0.1, 0.15) is 26.3 Å². The maximum atomic E-state index is 12.3. The number of methoxy groups -OCH3 is 1. The number of hydrogen-bond acceptors (Lipinski definition) is 5. The summed E-state index contributed by atoms with van der Waals surface area (Å²) in [6.07, 6.45) is 1.82. The minimum absolute atomic E-state index is 0.00796. The molecule has 1 aromatic rings. The highest BCUT2D eigenvalue weighted by atomic mass is 32.2. The van der Waals surface area contributed by atoms with Crippen molar-refractivity contribution in [2.75, 3.05) is 13.7 Å². The Bertz CT molecular complexity index is 626. The molecule has 6 heteroatoms. The van der Waals surface area contributed by atoms with Crippen molar-refractivity contribution in [1.82, 2.24) is 4.90 Å². The number of ether oxygens (including phenoxy) is 2. The molecule has 4 nitrogen and oxygen atoms in total. The zero-order valence-corrected chi connectivity index (χ0v) is 14.7. The molecule has 1 amide bonds. The van der Waals surface area contributed by atoms with Gasteiger partial charge in [0.1, 0.15) is 4.32 Å². The van der Waals surface area contributed by atoms with E-state index in [1.165, 1.54) is 11.8 Å². The number of nitrogens with zero attached hydrogens (tertiary/aromatic N) is 1. The van der Waals surface area contributed by atoms with Crippen LogP contribution in [0.15, 0.2) is 23.1 Å². The monoisotopic (exact) mass is 337 g/mol. The predicted octanol–water partition coefficient (Wildman–Crippen LogP) is 3.70. The smallest absolute Gasteiger partial charge is 0.266 e. The number of likely N-dealkylation sites (N-methyl/N-ethyl adjacent to an activating group) is 1. The van der Waals surface area contributed by atoms with E-state index in [9.17, 15) is 4.79 Å². The molecule has 118 valence electrons. The Labute approximate surface area is 140 Å². The lowest BCUT2D eigenvalue weighted by Gasteiger charge is -2.16. The molecule has 0 bridgehead atoms. The van der Waals surface area contributed by atoms with Gasteiger partial charge in [0, 0.05) is 12.1 Å². The van der Waals surface area contributed by atoms with E-state index in [1.807, 2.05) is 45.0 Å². The molecule has 0 aromatic heterocycles. The molecule has 0 radical (unpaired) electrons. The van der Waals surface area contributed by atoms with E-state index in [1.54, 1.807) is 12.0 Å². The molecule has 1 fully saturated rings. The Morgan fingerprint density at radius 1 is 1.41 bits per heavy atom. The summed E-state index contributed by atoms with van der Waals surface area (Å²) in [6.45, 7) is 6.39. The number of para-hydroxylation sites is 1. The third-order valence-electron chi connectivity index (χ3n) is 3.06. The Hall–Kier alpha value is -1.53. The molecule has 0 spiro atoms. The molecule has 0 N–H and O–H groups in total. The van der Waals surface area contributed by atoms with E-state index in [0.29, 0.717) is 27.3 Å². The molecule has 0 aliphatic carbocycles. The predicted molar refractivity (Wildman–Crippen MR) is 94.3 cm³/mol. The molecule has 1 heterocycles. The second-order valence-corrected chi connectivity index (χ2v) is 6.65. The number of carbonyl (C=O) groups excluding carboxylic acids is 1. The van der Waals surface area contributed by atoms with Crippen LogP contribution in [0.25, 0.3) is 6.08 Å². The minimum atomic E-state index is -0.0594. The first-order valence-electron chi connectivity index (χ1n) is 7.07. The standard InChI is InChI=1S/C16H19NO3S2/c1-5-17-15(18)13(22-16(17)21)9-11-7-6-8-12(19-4)14(11)20-10(2)3/h6-10H,5H2,1-4H3. The molecule has 22 heavy (non-hydrogen) atoms. The SMILES string of the molecule is CCN1C(=O)C(=Cc2cccc(OC)c2OC(C)C)SC1=S. The fraction of sp³-hybridized carbons (Fsp3) is 0.375. The summed E-state index contributed by atoms with van der Waals surface area (Å²) in [4.78, 5) is 14.5. The lowest BCUT2D eigenvalue weighted by Crippen LogP contribution is -2.27. The van der Waals surface area contributed by atoms with Crippen LogP contribution in [0, 0.1) is 0 Å². The van der Waals surface area contributed by atoms with Crippen molar-refractivity contribution in [2.24, 2.45) is 0 Å². The molecule has 0 saturated carbocycles. The van der Waals surface area contributed by atoms with Gasteiger partial charge in [0.05, 0.1) is 18.1 Å². The van der Waals surface area contributed by atoms with Gasteiger partial charge in [0.15, 0.2) is 11.5 Å². The van der Waals surface area contributed by atoms with Gasteiger partial charge in [0.2, 0.25) is 0 Å². The first-order valence-corrected chi connectivity index (χ1v) is 8.29. The third-order valence-corrected chi connectivity index (χ3v) is 4.44. The number of thiocarbonyl (C=S) groups is 1. The molecular formula is C16H19NO3S2. The highest BCUT2D eigenvalue weighted by Gasteiger charge is 2.31. The summed E-state index contributed by atoms with van der Waals surface area (Å²) in [5.41, 5.74) is 0.810. The normalized spacial score (nSPS) is 16.8. The molecular weight excluding hydrogens is 318 g/mol. The van der Waals surface area contributed by atoms with E-state index in [-0.39, 0.29) is 12.0 Å². The summed E-state index contributed by atoms with van der Waals surface area (Å²) in [5, 5.41) is 0. The lowest BCUT2D eigenvalue weighted by atomic mass is 10.1. The third kappa shape index (κ3) is 3.44. The highest BCUT2D eigenvalue weighted by Crippen LogP contribution is 2.37. The van der Waals surface area contributed by atoms with Crippen molar-refractivity contribution in [1.29, 1.82) is 0 Å². The quantitative estimate of drug-likeness (QED) is 0.605. The van der Waals surface area contributed by atoms with E-state index >= 15 is 0 Å². The van der Waals surface area contributed by atoms with Crippen LogP contribution in [0.4, 0.5) is 0 Å². The Morgan fingerprint density at radius 3 is 2.68 bits per heavy atom. The summed E-state index contributed by atoms with van der Waals surface area (Å²) < 4.78 is 11.8. The second-order valence-electron chi connectivity index (χ2n) is 4.97. The molecule has 1 saturated heterocycles. The van der Waals surface area contributed by atoms with E-state index < -0.39 is 0 Å². The van der Waals surface area contributed by atoms with Crippen LogP contribution in [0.5, 0.6) is 11.5 Å². The van der Waals surface area contributed by atoms with Crippen LogP contribution < -0.4 is 9.47 Å². The fourth-order valence-corrected chi connectivity index (χ4v) is 3.46. The van der Waals surface area contributed by atoms with Crippen LogP contribution in [-0.4, -0.2) is 34.9 Å². The summed E-state index contributed by atoms with van der Waals surface area (Å²) in [7, 11) is 1.60. The minimum Gasteiger partial charge on any atom is -0.493 e. The topological polar surface area (TPSA) is 38.8 Å². The van der Waals surface area contributed by atoms with Crippen LogP contribution >= 0.6 is 24.0 Å². The first-order chi connectivity index (χ1) is 10.5. The molecule has 1 aliphatic heterocycles. The van der Waals surface area contributed by atoms with Gasteiger partial charge in [-0.1, -0.05) is 36.1 Å². The van der Waals surface area contributed by atoms with Crippen molar-refractivity contribution >= 4 is 40.3 Å². The largest absolute Gasteiger partial charge is 0.493 e. The number of thioether (sulfide) groups is 1. The summed E-state index contributed by atoms with van der Waals surface area (Å²) >= 11 is 6.55. The van der Waals surface area contributed by atoms with Gasteiger partial charge in [-0.3, -0.25) is 9.69 Å². The number of hydrogen-bond donors (Lipinski definition) is 0. The first kappa shape index (κ1) is 16.8. The maximum Gasteiger partial charge on any atom is 0.266 e. The summed E-state index contributed by atoms with van der Waals surface area (Å²) in [5.74, 6) is 1.23. The molecule has 0 unspecified atom stereocenters. The Morgan fingerprint density at radius 2 is 2.14 bits per heavy atom. The van der Waals surface area contributed by atoms with Crippen molar-refractivity contribution in [3.05, 3.63) is 28.7 Å². The molecule has 1 aromatic carbocycles. The number of amides is 1. The molecule has 1 aliphatic rings. The van der Waals surface area contributed by atoms with E-state index in [2.05, 4.69) is 0 Å². The zero-order chi connectivity index (χ0) is 16.3.